The first-order valence-electron chi connectivity index (χ1n) is 5.97. The van der Waals surface area contributed by atoms with E-state index >= 15 is 0 Å². The Labute approximate surface area is 110 Å². The molecule has 0 saturated carbocycles. The largest absolute Gasteiger partial charge is 0.381 e. The first-order chi connectivity index (χ1) is 9.10. The summed E-state index contributed by atoms with van der Waals surface area (Å²) in [5.74, 6) is -0.896. The Balaban J connectivity index is 2.20. The van der Waals surface area contributed by atoms with Gasteiger partial charge in [0.15, 0.2) is 0 Å². The molecule has 6 heteroatoms. The Bertz CT molecular complexity index is 535. The van der Waals surface area contributed by atoms with E-state index in [9.17, 15) is 9.18 Å². The molecule has 1 saturated heterocycles. The van der Waals surface area contributed by atoms with E-state index in [0.29, 0.717) is 17.9 Å². The molecule has 100 valence electrons. The topological polar surface area (TPSA) is 74.2 Å². The van der Waals surface area contributed by atoms with Crippen molar-refractivity contribution in [3.63, 3.8) is 0 Å². The maximum atomic E-state index is 13.6. The van der Waals surface area contributed by atoms with Gasteiger partial charge in [0.25, 0.3) is 0 Å². The van der Waals surface area contributed by atoms with Crippen molar-refractivity contribution in [2.45, 2.75) is 19.4 Å². The lowest BCUT2D eigenvalue weighted by Gasteiger charge is -2.27. The van der Waals surface area contributed by atoms with Crippen LogP contribution in [-0.2, 0) is 9.53 Å². The Morgan fingerprint density at radius 3 is 2.84 bits per heavy atom. The Morgan fingerprint density at radius 1 is 1.58 bits per heavy atom. The van der Waals surface area contributed by atoms with Gasteiger partial charge in [0.05, 0.1) is 23.0 Å². The SMILES string of the molecule is CC(=O)Nc1cc(C#N)c(F)cc1NCC1CCO1. The molecule has 0 aliphatic carbocycles. The van der Waals surface area contributed by atoms with E-state index < -0.39 is 5.82 Å². The number of hydrogen-bond donors (Lipinski definition) is 2. The summed E-state index contributed by atoms with van der Waals surface area (Å²) in [5.41, 5.74) is 0.737. The van der Waals surface area contributed by atoms with Gasteiger partial charge in [-0.1, -0.05) is 0 Å². The van der Waals surface area contributed by atoms with Gasteiger partial charge in [-0.15, -0.1) is 0 Å². The molecule has 5 nitrogen and oxygen atoms in total. The van der Waals surface area contributed by atoms with Gasteiger partial charge >= 0.3 is 0 Å². The third-order valence-electron chi connectivity index (χ3n) is 2.85. The zero-order valence-corrected chi connectivity index (χ0v) is 10.5. The van der Waals surface area contributed by atoms with Crippen LogP contribution in [0.5, 0.6) is 0 Å². The van der Waals surface area contributed by atoms with E-state index in [1.807, 2.05) is 0 Å². The van der Waals surface area contributed by atoms with Crippen LogP contribution in [0.25, 0.3) is 0 Å². The molecule has 1 aliphatic rings. The predicted octanol–water partition coefficient (Wildman–Crippen LogP) is 1.86. The molecule has 1 fully saturated rings. The van der Waals surface area contributed by atoms with Crippen LogP contribution in [0, 0.1) is 17.1 Å². The van der Waals surface area contributed by atoms with E-state index in [2.05, 4.69) is 10.6 Å². The minimum Gasteiger partial charge on any atom is -0.381 e. The Morgan fingerprint density at radius 2 is 2.32 bits per heavy atom. The molecule has 1 amide bonds. The summed E-state index contributed by atoms with van der Waals surface area (Å²) >= 11 is 0. The highest BCUT2D eigenvalue weighted by Crippen LogP contribution is 2.26. The molecule has 1 heterocycles. The highest BCUT2D eigenvalue weighted by Gasteiger charge is 2.18. The monoisotopic (exact) mass is 263 g/mol. The highest BCUT2D eigenvalue weighted by molar-refractivity contribution is 5.93. The van der Waals surface area contributed by atoms with Crippen molar-refractivity contribution in [1.29, 1.82) is 5.26 Å². The quantitative estimate of drug-likeness (QED) is 0.869. The number of benzene rings is 1. The number of nitrogens with zero attached hydrogens (tertiary/aromatic N) is 1. The van der Waals surface area contributed by atoms with Crippen LogP contribution >= 0.6 is 0 Å². The summed E-state index contributed by atoms with van der Waals surface area (Å²) in [4.78, 5) is 11.1. The first kappa shape index (κ1) is 13.3. The molecule has 2 rings (SSSR count). The summed E-state index contributed by atoms with van der Waals surface area (Å²) in [6, 6.07) is 4.28. The van der Waals surface area contributed by atoms with Crippen LogP contribution in [0.4, 0.5) is 15.8 Å². The molecule has 1 aromatic carbocycles. The maximum Gasteiger partial charge on any atom is 0.221 e. The minimum absolute atomic E-state index is 0.103. The molecule has 1 unspecified atom stereocenters. The third kappa shape index (κ3) is 3.20. The Kier molecular flexibility index (Phi) is 3.97. The lowest BCUT2D eigenvalue weighted by atomic mass is 10.1. The van der Waals surface area contributed by atoms with Crippen molar-refractivity contribution >= 4 is 17.3 Å². The molecule has 0 radical (unpaired) electrons. The van der Waals surface area contributed by atoms with Crippen molar-refractivity contribution in [3.8, 4) is 6.07 Å². The van der Waals surface area contributed by atoms with Gasteiger partial charge in [-0.2, -0.15) is 5.26 Å². The molecule has 0 bridgehead atoms. The highest BCUT2D eigenvalue weighted by atomic mass is 19.1. The standard InChI is InChI=1S/C13H14FN3O2/c1-8(18)17-13-4-9(6-15)11(14)5-12(13)16-7-10-2-3-19-10/h4-5,10,16H,2-3,7H2,1H3,(H,17,18). The van der Waals surface area contributed by atoms with Gasteiger partial charge in [-0.3, -0.25) is 4.79 Å². The number of ether oxygens (including phenoxy) is 1. The number of rotatable bonds is 4. The zero-order valence-electron chi connectivity index (χ0n) is 10.5. The molecular formula is C13H14FN3O2. The number of carbonyl (C=O) groups excluding carboxylic acids is 1. The van der Waals surface area contributed by atoms with Crippen LogP contribution in [0.2, 0.25) is 0 Å². The molecule has 19 heavy (non-hydrogen) atoms. The minimum atomic E-state index is -0.617. The van der Waals surface area contributed by atoms with Gasteiger partial charge < -0.3 is 15.4 Å². The van der Waals surface area contributed by atoms with Crippen LogP contribution < -0.4 is 10.6 Å². The smallest absolute Gasteiger partial charge is 0.221 e. The van der Waals surface area contributed by atoms with Crippen LogP contribution in [-0.4, -0.2) is 25.2 Å². The van der Waals surface area contributed by atoms with Crippen LogP contribution in [0.3, 0.4) is 0 Å². The van der Waals surface area contributed by atoms with E-state index in [1.54, 1.807) is 6.07 Å². The first-order valence-corrected chi connectivity index (χ1v) is 5.97. The number of nitrogens with one attached hydrogen (secondary N) is 2. The van der Waals surface area contributed by atoms with Crippen molar-refractivity contribution in [2.75, 3.05) is 23.8 Å². The molecular weight excluding hydrogens is 249 g/mol. The summed E-state index contributed by atoms with van der Waals surface area (Å²) in [6.45, 7) is 2.64. The fourth-order valence-electron chi connectivity index (χ4n) is 1.77. The fourth-order valence-corrected chi connectivity index (χ4v) is 1.77. The van der Waals surface area contributed by atoms with E-state index in [-0.39, 0.29) is 17.6 Å². The number of halogens is 1. The van der Waals surface area contributed by atoms with Gasteiger partial charge in [-0.05, 0) is 12.5 Å². The second kappa shape index (κ2) is 5.67. The van der Waals surface area contributed by atoms with Gasteiger partial charge in [0, 0.05) is 26.1 Å². The maximum absolute atomic E-state index is 13.6. The second-order valence-electron chi connectivity index (χ2n) is 4.33. The molecule has 0 spiro atoms. The number of anilines is 2. The summed E-state index contributed by atoms with van der Waals surface area (Å²) in [7, 11) is 0. The average Bonchev–Trinajstić information content (AvgIpc) is 2.29. The number of carbonyl (C=O) groups is 1. The lowest BCUT2D eigenvalue weighted by Crippen LogP contribution is -2.33. The van der Waals surface area contributed by atoms with E-state index in [4.69, 9.17) is 10.00 Å². The van der Waals surface area contributed by atoms with Crippen LogP contribution in [0.1, 0.15) is 18.9 Å². The van der Waals surface area contributed by atoms with Gasteiger partial charge in [0.2, 0.25) is 5.91 Å². The third-order valence-corrected chi connectivity index (χ3v) is 2.85. The van der Waals surface area contributed by atoms with Crippen molar-refractivity contribution in [2.24, 2.45) is 0 Å². The molecule has 0 aromatic heterocycles. The van der Waals surface area contributed by atoms with Crippen molar-refractivity contribution < 1.29 is 13.9 Å². The lowest BCUT2D eigenvalue weighted by molar-refractivity contribution is -0.114. The van der Waals surface area contributed by atoms with E-state index in [0.717, 1.165) is 13.0 Å². The second-order valence-corrected chi connectivity index (χ2v) is 4.33. The van der Waals surface area contributed by atoms with Gasteiger partial charge in [0.1, 0.15) is 11.9 Å². The number of nitriles is 1. The average molecular weight is 263 g/mol. The molecule has 1 aromatic rings. The number of hydrogen-bond acceptors (Lipinski definition) is 4. The van der Waals surface area contributed by atoms with Crippen molar-refractivity contribution in [3.05, 3.63) is 23.5 Å². The number of amides is 1. The fraction of sp³-hybridized carbons (Fsp3) is 0.385. The zero-order chi connectivity index (χ0) is 13.8. The Hall–Kier alpha value is -2.13. The van der Waals surface area contributed by atoms with E-state index in [1.165, 1.54) is 19.1 Å². The van der Waals surface area contributed by atoms with Crippen molar-refractivity contribution in [1.82, 2.24) is 0 Å². The normalized spacial score (nSPS) is 17.2. The van der Waals surface area contributed by atoms with Crippen LogP contribution in [0.15, 0.2) is 12.1 Å². The summed E-state index contributed by atoms with van der Waals surface area (Å²) in [5, 5.41) is 14.4. The summed E-state index contributed by atoms with van der Waals surface area (Å²) < 4.78 is 18.8. The molecule has 2 N–H and O–H groups in total. The molecule has 1 aliphatic heterocycles. The predicted molar refractivity (Wildman–Crippen MR) is 68.3 cm³/mol. The summed E-state index contributed by atoms with van der Waals surface area (Å²) in [6.07, 6.45) is 1.07. The van der Waals surface area contributed by atoms with Gasteiger partial charge in [-0.25, -0.2) is 4.39 Å². The molecule has 1 atom stereocenters.